The van der Waals surface area contributed by atoms with Gasteiger partial charge >= 0.3 is 0 Å². The topological polar surface area (TPSA) is 35.5 Å². The third-order valence-electron chi connectivity index (χ3n) is 3.94. The largest absolute Gasteiger partial charge is 0.393 e. The van der Waals surface area contributed by atoms with Crippen molar-refractivity contribution in [2.75, 3.05) is 18.0 Å². The van der Waals surface area contributed by atoms with Gasteiger partial charge in [0.25, 0.3) is 0 Å². The zero-order valence-corrected chi connectivity index (χ0v) is 13.3. The van der Waals surface area contributed by atoms with Crippen molar-refractivity contribution >= 4 is 17.3 Å². The van der Waals surface area contributed by atoms with Gasteiger partial charge in [-0.3, -0.25) is 0 Å². The Bertz CT molecular complexity index is 450. The Morgan fingerprint density at radius 3 is 2.85 bits per heavy atom. The summed E-state index contributed by atoms with van der Waals surface area (Å²) < 4.78 is 0. The van der Waals surface area contributed by atoms with Gasteiger partial charge in [0.2, 0.25) is 0 Å². The van der Waals surface area contributed by atoms with E-state index in [4.69, 9.17) is 11.6 Å². The molecule has 1 aromatic carbocycles. The number of halogens is 1. The van der Waals surface area contributed by atoms with Crippen LogP contribution in [0.15, 0.2) is 18.2 Å². The van der Waals surface area contributed by atoms with Crippen molar-refractivity contribution in [2.24, 2.45) is 5.92 Å². The summed E-state index contributed by atoms with van der Waals surface area (Å²) in [5.74, 6) is 0.310. The highest BCUT2D eigenvalue weighted by atomic mass is 35.5. The van der Waals surface area contributed by atoms with Crippen molar-refractivity contribution in [1.29, 1.82) is 0 Å². The molecule has 1 heterocycles. The minimum Gasteiger partial charge on any atom is -0.393 e. The van der Waals surface area contributed by atoms with E-state index >= 15 is 0 Å². The second-order valence-electron chi connectivity index (χ2n) is 6.09. The first-order valence-electron chi connectivity index (χ1n) is 7.42. The van der Waals surface area contributed by atoms with Crippen LogP contribution in [0.2, 0.25) is 5.02 Å². The van der Waals surface area contributed by atoms with Gasteiger partial charge in [-0.15, -0.1) is 0 Å². The molecular weight excluding hydrogens is 272 g/mol. The highest BCUT2D eigenvalue weighted by molar-refractivity contribution is 6.30. The van der Waals surface area contributed by atoms with Crippen LogP contribution in [0.3, 0.4) is 0 Å². The molecule has 1 fully saturated rings. The second kappa shape index (κ2) is 6.79. The van der Waals surface area contributed by atoms with Crippen LogP contribution in [0, 0.1) is 5.92 Å². The van der Waals surface area contributed by atoms with Gasteiger partial charge in [-0.25, -0.2) is 0 Å². The zero-order chi connectivity index (χ0) is 14.7. The summed E-state index contributed by atoms with van der Waals surface area (Å²) in [6, 6.07) is 6.54. The zero-order valence-electron chi connectivity index (χ0n) is 12.6. The summed E-state index contributed by atoms with van der Waals surface area (Å²) in [5, 5.41) is 14.1. The number of aliphatic hydroxyl groups excluding tert-OH is 1. The average Bonchev–Trinajstić information content (AvgIpc) is 2.40. The van der Waals surface area contributed by atoms with Crippen LogP contribution in [0.25, 0.3) is 0 Å². The minimum absolute atomic E-state index is 0.171. The number of piperidine rings is 1. The van der Waals surface area contributed by atoms with Crippen LogP contribution in [0.5, 0.6) is 0 Å². The minimum atomic E-state index is -0.171. The van der Waals surface area contributed by atoms with Gasteiger partial charge < -0.3 is 15.3 Å². The van der Waals surface area contributed by atoms with Crippen molar-refractivity contribution in [3.63, 3.8) is 0 Å². The molecule has 2 rings (SSSR count). The summed E-state index contributed by atoms with van der Waals surface area (Å²) in [7, 11) is 0. The van der Waals surface area contributed by atoms with Gasteiger partial charge in [0.05, 0.1) is 6.10 Å². The number of anilines is 1. The van der Waals surface area contributed by atoms with Gasteiger partial charge in [-0.1, -0.05) is 32.4 Å². The molecular formula is C16H25ClN2O. The molecule has 0 aromatic heterocycles. The van der Waals surface area contributed by atoms with Crippen LogP contribution in [-0.4, -0.2) is 30.3 Å². The number of aliphatic hydroxyl groups is 1. The van der Waals surface area contributed by atoms with Gasteiger partial charge in [-0.2, -0.15) is 0 Å². The maximum atomic E-state index is 9.87. The van der Waals surface area contributed by atoms with Crippen molar-refractivity contribution in [3.8, 4) is 0 Å². The van der Waals surface area contributed by atoms with Gasteiger partial charge in [-0.05, 0) is 36.1 Å². The van der Waals surface area contributed by atoms with E-state index in [0.717, 1.165) is 31.1 Å². The molecule has 0 spiro atoms. The molecule has 1 aliphatic heterocycles. The Labute approximate surface area is 126 Å². The van der Waals surface area contributed by atoms with E-state index in [1.165, 1.54) is 11.3 Å². The lowest BCUT2D eigenvalue weighted by Crippen LogP contribution is -2.42. The summed E-state index contributed by atoms with van der Waals surface area (Å²) >= 11 is 6.14. The van der Waals surface area contributed by atoms with E-state index in [0.29, 0.717) is 12.0 Å². The lowest BCUT2D eigenvalue weighted by Gasteiger charge is -2.37. The molecule has 0 aliphatic carbocycles. The molecule has 1 aliphatic rings. The normalized spacial score (nSPS) is 23.4. The van der Waals surface area contributed by atoms with E-state index in [-0.39, 0.29) is 6.10 Å². The fraction of sp³-hybridized carbons (Fsp3) is 0.625. The number of hydrogen-bond donors (Lipinski definition) is 2. The lowest BCUT2D eigenvalue weighted by atomic mass is 9.95. The first kappa shape index (κ1) is 15.6. The average molecular weight is 297 g/mol. The molecule has 0 bridgehead atoms. The number of hydrogen-bond acceptors (Lipinski definition) is 3. The number of benzene rings is 1. The van der Waals surface area contributed by atoms with Crippen LogP contribution >= 0.6 is 11.6 Å². The third-order valence-corrected chi connectivity index (χ3v) is 4.18. The Hall–Kier alpha value is -0.770. The van der Waals surface area contributed by atoms with Crippen molar-refractivity contribution < 1.29 is 5.11 Å². The maximum Gasteiger partial charge on any atom is 0.0599 e. The lowest BCUT2D eigenvalue weighted by molar-refractivity contribution is 0.0970. The maximum absolute atomic E-state index is 9.87. The highest BCUT2D eigenvalue weighted by Crippen LogP contribution is 2.28. The van der Waals surface area contributed by atoms with Gasteiger partial charge in [0, 0.05) is 36.4 Å². The standard InChI is InChI=1S/C16H25ClN2O/c1-11(2)18-9-13-8-14(17)4-5-15(13)19-7-6-16(20)12(3)10-19/h4-5,8,11-12,16,18,20H,6-7,9-10H2,1-3H3. The Morgan fingerprint density at radius 2 is 2.20 bits per heavy atom. The van der Waals surface area contributed by atoms with Crippen LogP contribution in [0.4, 0.5) is 5.69 Å². The van der Waals surface area contributed by atoms with Gasteiger partial charge in [0.1, 0.15) is 0 Å². The molecule has 0 amide bonds. The molecule has 2 N–H and O–H groups in total. The predicted molar refractivity (Wildman–Crippen MR) is 85.4 cm³/mol. The molecule has 2 atom stereocenters. The number of nitrogens with zero attached hydrogens (tertiary/aromatic N) is 1. The molecule has 3 nitrogen and oxygen atoms in total. The fourth-order valence-corrected chi connectivity index (χ4v) is 2.86. The highest BCUT2D eigenvalue weighted by Gasteiger charge is 2.25. The summed E-state index contributed by atoms with van der Waals surface area (Å²) in [6.45, 7) is 9.02. The monoisotopic (exact) mass is 296 g/mol. The fourth-order valence-electron chi connectivity index (χ4n) is 2.67. The van der Waals surface area contributed by atoms with Crippen LogP contribution in [0.1, 0.15) is 32.8 Å². The molecule has 0 saturated carbocycles. The summed E-state index contributed by atoms with van der Waals surface area (Å²) in [4.78, 5) is 2.37. The molecule has 0 radical (unpaired) electrons. The number of nitrogens with one attached hydrogen (secondary N) is 1. The van der Waals surface area contributed by atoms with E-state index in [2.05, 4.69) is 37.1 Å². The van der Waals surface area contributed by atoms with Crippen LogP contribution in [-0.2, 0) is 6.54 Å². The quantitative estimate of drug-likeness (QED) is 0.896. The van der Waals surface area contributed by atoms with E-state index in [1.807, 2.05) is 12.1 Å². The van der Waals surface area contributed by atoms with Gasteiger partial charge in [0.15, 0.2) is 0 Å². The predicted octanol–water partition coefficient (Wildman–Crippen LogP) is 3.05. The summed E-state index contributed by atoms with van der Waals surface area (Å²) in [5.41, 5.74) is 2.47. The molecule has 4 heteroatoms. The molecule has 1 saturated heterocycles. The second-order valence-corrected chi connectivity index (χ2v) is 6.52. The summed E-state index contributed by atoms with van der Waals surface area (Å²) in [6.07, 6.45) is 0.664. The third kappa shape index (κ3) is 3.87. The van der Waals surface area contributed by atoms with E-state index in [9.17, 15) is 5.11 Å². The van der Waals surface area contributed by atoms with E-state index < -0.39 is 0 Å². The van der Waals surface area contributed by atoms with Crippen LogP contribution < -0.4 is 10.2 Å². The molecule has 112 valence electrons. The molecule has 20 heavy (non-hydrogen) atoms. The Morgan fingerprint density at radius 1 is 1.45 bits per heavy atom. The van der Waals surface area contributed by atoms with Crippen molar-refractivity contribution in [2.45, 2.75) is 45.9 Å². The van der Waals surface area contributed by atoms with E-state index in [1.54, 1.807) is 0 Å². The van der Waals surface area contributed by atoms with Crippen molar-refractivity contribution in [3.05, 3.63) is 28.8 Å². The van der Waals surface area contributed by atoms with Crippen molar-refractivity contribution in [1.82, 2.24) is 5.32 Å². The molecule has 1 aromatic rings. The Kier molecular flexibility index (Phi) is 5.30. The first-order valence-corrected chi connectivity index (χ1v) is 7.80. The number of rotatable bonds is 4. The SMILES string of the molecule is CC(C)NCc1cc(Cl)ccc1N1CCC(O)C(C)C1. The molecule has 2 unspecified atom stereocenters. The first-order chi connectivity index (χ1) is 9.47. The Balaban J connectivity index is 2.17. The smallest absolute Gasteiger partial charge is 0.0599 e.